The zero-order valence-corrected chi connectivity index (χ0v) is 18.4. The molecule has 9 heteroatoms. The average molecular weight is 464 g/mol. The van der Waals surface area contributed by atoms with E-state index in [0.29, 0.717) is 12.8 Å². The number of halogens is 3. The first-order chi connectivity index (χ1) is 15.8. The summed E-state index contributed by atoms with van der Waals surface area (Å²) in [6.45, 7) is 0. The molecule has 0 aliphatic heterocycles. The van der Waals surface area contributed by atoms with E-state index >= 15 is 0 Å². The van der Waals surface area contributed by atoms with Gasteiger partial charge in [0.1, 0.15) is 5.56 Å². The minimum Gasteiger partial charge on any atom is -0.494 e. The summed E-state index contributed by atoms with van der Waals surface area (Å²) in [6.07, 6.45) is 5.19. The lowest BCUT2D eigenvalue weighted by Gasteiger charge is -2.29. The van der Waals surface area contributed by atoms with Gasteiger partial charge in [-0.05, 0) is 43.9 Å². The Kier molecular flexibility index (Phi) is 6.76. The molecule has 2 saturated carbocycles. The maximum atomic E-state index is 13.4. The molecule has 0 atom stereocenters. The third-order valence-corrected chi connectivity index (χ3v) is 6.73. The van der Waals surface area contributed by atoms with Crippen LogP contribution >= 0.6 is 0 Å². The maximum Gasteiger partial charge on any atom is 0.416 e. The number of alkyl halides is 3. The average Bonchev–Trinajstić information content (AvgIpc) is 2.80. The van der Waals surface area contributed by atoms with Gasteiger partial charge in [-0.1, -0.05) is 44.6 Å². The van der Waals surface area contributed by atoms with Gasteiger partial charge in [0.15, 0.2) is 0 Å². The Labute approximate surface area is 189 Å². The zero-order chi connectivity index (χ0) is 23.6. The molecule has 33 heavy (non-hydrogen) atoms. The zero-order valence-electron chi connectivity index (χ0n) is 18.4. The second kappa shape index (κ2) is 9.57. The molecule has 2 aromatic rings. The van der Waals surface area contributed by atoms with Crippen LogP contribution in [0, 0.1) is 0 Å². The van der Waals surface area contributed by atoms with Gasteiger partial charge in [0.25, 0.3) is 5.56 Å². The highest BCUT2D eigenvalue weighted by Crippen LogP contribution is 2.33. The largest absolute Gasteiger partial charge is 0.494 e. The monoisotopic (exact) mass is 463 g/mol. The second-order valence-electron chi connectivity index (χ2n) is 8.95. The number of aromatic hydroxyl groups is 1. The molecule has 0 unspecified atom stereocenters. The standard InChI is InChI=1S/C24H28F3N3O3/c25-24(26,27)16-8-7-9-17(14-16)28-15-20-21(31)29(18-10-3-1-4-11-18)23(33)30(22(20)32)19-12-5-2-6-13-19/h7-9,14-15,18-19,31H,1-6,10-13H2. The molecule has 2 aliphatic rings. The van der Waals surface area contributed by atoms with E-state index in [0.717, 1.165) is 69.7 Å². The van der Waals surface area contributed by atoms with Crippen LogP contribution in [0.4, 0.5) is 18.9 Å². The van der Waals surface area contributed by atoms with Crippen LogP contribution in [0.2, 0.25) is 0 Å². The minimum absolute atomic E-state index is 0.00302. The molecule has 0 saturated heterocycles. The molecule has 0 spiro atoms. The number of rotatable bonds is 4. The predicted octanol–water partition coefficient (Wildman–Crippen LogP) is 5.50. The summed E-state index contributed by atoms with van der Waals surface area (Å²) in [4.78, 5) is 30.8. The fourth-order valence-corrected chi connectivity index (χ4v) is 4.99. The summed E-state index contributed by atoms with van der Waals surface area (Å²) in [6, 6.07) is 3.97. The van der Waals surface area contributed by atoms with Crippen molar-refractivity contribution < 1.29 is 18.3 Å². The van der Waals surface area contributed by atoms with Gasteiger partial charge in [-0.15, -0.1) is 0 Å². The molecular weight excluding hydrogens is 435 g/mol. The van der Waals surface area contributed by atoms with Crippen molar-refractivity contribution >= 4 is 11.9 Å². The van der Waals surface area contributed by atoms with Crippen LogP contribution in [0.5, 0.6) is 5.88 Å². The van der Waals surface area contributed by atoms with Gasteiger partial charge in [0.2, 0.25) is 5.88 Å². The van der Waals surface area contributed by atoms with Gasteiger partial charge in [-0.25, -0.2) is 4.79 Å². The summed E-state index contributed by atoms with van der Waals surface area (Å²) in [7, 11) is 0. The summed E-state index contributed by atoms with van der Waals surface area (Å²) in [5, 5.41) is 11.0. The SMILES string of the molecule is O=c1c(C=Nc2cccc(C(F)(F)F)c2)c(O)n(C2CCCCC2)c(=O)n1C1CCCCC1. The van der Waals surface area contributed by atoms with Crippen molar-refractivity contribution in [1.82, 2.24) is 9.13 Å². The van der Waals surface area contributed by atoms with Gasteiger partial charge in [0, 0.05) is 18.3 Å². The first kappa shape index (κ1) is 23.3. The van der Waals surface area contributed by atoms with E-state index in [9.17, 15) is 27.9 Å². The third-order valence-electron chi connectivity index (χ3n) is 6.73. The number of hydrogen-bond acceptors (Lipinski definition) is 4. The van der Waals surface area contributed by atoms with Crippen LogP contribution in [0.25, 0.3) is 0 Å². The lowest BCUT2D eigenvalue weighted by molar-refractivity contribution is -0.137. The Bertz CT molecular complexity index is 1140. The van der Waals surface area contributed by atoms with Gasteiger partial charge >= 0.3 is 11.9 Å². The highest BCUT2D eigenvalue weighted by Gasteiger charge is 2.31. The molecule has 0 amide bonds. The first-order valence-electron chi connectivity index (χ1n) is 11.6. The molecular formula is C24H28F3N3O3. The van der Waals surface area contributed by atoms with Crippen molar-refractivity contribution in [3.05, 3.63) is 56.2 Å². The number of aliphatic imine (C=N–C) groups is 1. The lowest BCUT2D eigenvalue weighted by Crippen LogP contribution is -2.45. The first-order valence-corrected chi connectivity index (χ1v) is 11.6. The minimum atomic E-state index is -4.52. The van der Waals surface area contributed by atoms with Gasteiger partial charge in [-0.3, -0.25) is 18.9 Å². The van der Waals surface area contributed by atoms with Crippen molar-refractivity contribution in [1.29, 1.82) is 0 Å². The van der Waals surface area contributed by atoms with Crippen LogP contribution in [0.1, 0.15) is 87.4 Å². The van der Waals surface area contributed by atoms with E-state index in [1.54, 1.807) is 0 Å². The van der Waals surface area contributed by atoms with E-state index in [4.69, 9.17) is 0 Å². The highest BCUT2D eigenvalue weighted by atomic mass is 19.4. The van der Waals surface area contributed by atoms with Crippen LogP contribution < -0.4 is 11.2 Å². The summed E-state index contributed by atoms with van der Waals surface area (Å²) in [5.41, 5.74) is -2.17. The van der Waals surface area contributed by atoms with Gasteiger partial charge in [-0.2, -0.15) is 13.2 Å². The normalized spacial score (nSPS) is 18.8. The molecule has 178 valence electrons. The fraction of sp³-hybridized carbons (Fsp3) is 0.542. The van der Waals surface area contributed by atoms with Crippen molar-refractivity contribution in [2.75, 3.05) is 0 Å². The molecule has 1 aromatic heterocycles. The Balaban J connectivity index is 1.82. The van der Waals surface area contributed by atoms with Gasteiger partial charge in [0.05, 0.1) is 11.3 Å². The highest BCUT2D eigenvalue weighted by molar-refractivity contribution is 5.84. The Hall–Kier alpha value is -2.84. The van der Waals surface area contributed by atoms with E-state index in [2.05, 4.69) is 4.99 Å². The summed E-state index contributed by atoms with van der Waals surface area (Å²) >= 11 is 0. The Morgan fingerprint density at radius 3 is 2.06 bits per heavy atom. The molecule has 0 bridgehead atoms. The molecule has 4 rings (SSSR count). The second-order valence-corrected chi connectivity index (χ2v) is 8.95. The van der Waals surface area contributed by atoms with Crippen molar-refractivity contribution in [2.45, 2.75) is 82.5 Å². The topological polar surface area (TPSA) is 76.6 Å². The molecule has 1 N–H and O–H groups in total. The maximum absolute atomic E-state index is 13.4. The van der Waals surface area contributed by atoms with Crippen LogP contribution in [-0.2, 0) is 6.18 Å². The number of benzene rings is 1. The quantitative estimate of drug-likeness (QED) is 0.609. The molecule has 1 heterocycles. The third kappa shape index (κ3) is 4.91. The van der Waals surface area contributed by atoms with Crippen LogP contribution in [0.3, 0.4) is 0 Å². The number of hydrogen-bond donors (Lipinski definition) is 1. The van der Waals surface area contributed by atoms with Crippen molar-refractivity contribution in [2.24, 2.45) is 4.99 Å². The molecule has 2 fully saturated rings. The molecule has 2 aliphatic carbocycles. The molecule has 6 nitrogen and oxygen atoms in total. The van der Waals surface area contributed by atoms with Crippen molar-refractivity contribution in [3.8, 4) is 5.88 Å². The number of nitrogens with zero attached hydrogens (tertiary/aromatic N) is 3. The van der Waals surface area contributed by atoms with Crippen LogP contribution in [-0.4, -0.2) is 20.5 Å². The van der Waals surface area contributed by atoms with E-state index in [-0.39, 0.29) is 23.3 Å². The number of aromatic nitrogens is 2. The lowest BCUT2D eigenvalue weighted by atomic mass is 9.94. The predicted molar refractivity (Wildman–Crippen MR) is 120 cm³/mol. The fourth-order valence-electron chi connectivity index (χ4n) is 4.99. The van der Waals surface area contributed by atoms with Gasteiger partial charge < -0.3 is 5.11 Å². The smallest absolute Gasteiger partial charge is 0.416 e. The van der Waals surface area contributed by atoms with Crippen LogP contribution in [0.15, 0.2) is 38.8 Å². The Morgan fingerprint density at radius 1 is 0.909 bits per heavy atom. The summed E-state index contributed by atoms with van der Waals surface area (Å²) in [5.74, 6) is -0.459. The molecule has 0 radical (unpaired) electrons. The van der Waals surface area contributed by atoms with E-state index < -0.39 is 28.9 Å². The van der Waals surface area contributed by atoms with E-state index in [1.807, 2.05) is 0 Å². The van der Waals surface area contributed by atoms with Crippen molar-refractivity contribution in [3.63, 3.8) is 0 Å². The molecule has 1 aromatic carbocycles. The van der Waals surface area contributed by atoms with E-state index in [1.165, 1.54) is 21.3 Å². The summed E-state index contributed by atoms with van der Waals surface area (Å²) < 4.78 is 41.7. The Morgan fingerprint density at radius 2 is 1.48 bits per heavy atom.